The molecule has 0 unspecified atom stereocenters. The highest BCUT2D eigenvalue weighted by molar-refractivity contribution is 9.10. The Morgan fingerprint density at radius 1 is 1.05 bits per heavy atom. The number of aryl methyl sites for hydroxylation is 1. The van der Waals surface area contributed by atoms with Gasteiger partial charge in [0, 0.05) is 24.5 Å². The summed E-state index contributed by atoms with van der Waals surface area (Å²) in [5.41, 5.74) is 2.07. The smallest absolute Gasteiger partial charge is 0.222 e. The van der Waals surface area contributed by atoms with Crippen molar-refractivity contribution in [1.29, 1.82) is 0 Å². The SMILES string of the molecule is CN(Cc1ccc(Br)cc1)C(=O)CCc1ccc(F)cc1. The quantitative estimate of drug-likeness (QED) is 0.792. The van der Waals surface area contributed by atoms with E-state index in [0.29, 0.717) is 19.4 Å². The van der Waals surface area contributed by atoms with Crippen LogP contribution in [0.15, 0.2) is 53.0 Å². The van der Waals surface area contributed by atoms with Crippen molar-refractivity contribution in [2.75, 3.05) is 7.05 Å². The van der Waals surface area contributed by atoms with E-state index in [2.05, 4.69) is 15.9 Å². The first-order valence-electron chi connectivity index (χ1n) is 6.77. The van der Waals surface area contributed by atoms with Crippen LogP contribution in [0.3, 0.4) is 0 Å². The lowest BCUT2D eigenvalue weighted by Gasteiger charge is -2.17. The fourth-order valence-electron chi connectivity index (χ4n) is 2.05. The third kappa shape index (κ3) is 4.97. The zero-order chi connectivity index (χ0) is 15.2. The molecule has 0 aromatic heterocycles. The van der Waals surface area contributed by atoms with E-state index in [0.717, 1.165) is 15.6 Å². The van der Waals surface area contributed by atoms with E-state index in [-0.39, 0.29) is 11.7 Å². The van der Waals surface area contributed by atoms with Gasteiger partial charge in [-0.25, -0.2) is 4.39 Å². The van der Waals surface area contributed by atoms with Crippen LogP contribution in [0.4, 0.5) is 4.39 Å². The van der Waals surface area contributed by atoms with Crippen molar-refractivity contribution in [1.82, 2.24) is 4.90 Å². The molecule has 0 atom stereocenters. The third-order valence-corrected chi connectivity index (χ3v) is 3.83. The Bertz CT molecular complexity index is 595. The van der Waals surface area contributed by atoms with E-state index in [1.54, 1.807) is 24.1 Å². The van der Waals surface area contributed by atoms with Gasteiger partial charge in [0.25, 0.3) is 0 Å². The standard InChI is InChI=1S/C17H17BrFNO/c1-20(12-14-2-7-15(18)8-3-14)17(21)11-6-13-4-9-16(19)10-5-13/h2-5,7-10H,6,11-12H2,1H3. The molecule has 0 aliphatic rings. The van der Waals surface area contributed by atoms with Crippen LogP contribution in [0.2, 0.25) is 0 Å². The summed E-state index contributed by atoms with van der Waals surface area (Å²) in [6.07, 6.45) is 1.06. The number of carbonyl (C=O) groups is 1. The Hall–Kier alpha value is -1.68. The van der Waals surface area contributed by atoms with Crippen molar-refractivity contribution in [3.05, 3.63) is 69.9 Å². The molecule has 0 aliphatic heterocycles. The highest BCUT2D eigenvalue weighted by atomic mass is 79.9. The first-order chi connectivity index (χ1) is 10.0. The molecule has 110 valence electrons. The first-order valence-corrected chi connectivity index (χ1v) is 7.57. The summed E-state index contributed by atoms with van der Waals surface area (Å²) in [5, 5.41) is 0. The zero-order valence-corrected chi connectivity index (χ0v) is 13.4. The Labute approximate surface area is 132 Å². The maximum atomic E-state index is 12.8. The summed E-state index contributed by atoms with van der Waals surface area (Å²) in [4.78, 5) is 13.8. The van der Waals surface area contributed by atoms with Gasteiger partial charge in [-0.1, -0.05) is 40.2 Å². The molecular weight excluding hydrogens is 333 g/mol. The Kier molecular flexibility index (Phi) is 5.51. The largest absolute Gasteiger partial charge is 0.341 e. The minimum atomic E-state index is -0.252. The van der Waals surface area contributed by atoms with Crippen LogP contribution in [0.1, 0.15) is 17.5 Å². The minimum Gasteiger partial charge on any atom is -0.341 e. The summed E-state index contributed by atoms with van der Waals surface area (Å²) in [6, 6.07) is 14.2. The monoisotopic (exact) mass is 349 g/mol. The van der Waals surface area contributed by atoms with Crippen molar-refractivity contribution in [2.24, 2.45) is 0 Å². The Morgan fingerprint density at radius 2 is 1.62 bits per heavy atom. The Balaban J connectivity index is 1.84. The van der Waals surface area contributed by atoms with Crippen molar-refractivity contribution >= 4 is 21.8 Å². The topological polar surface area (TPSA) is 20.3 Å². The summed E-state index contributed by atoms with van der Waals surface area (Å²) >= 11 is 3.39. The molecule has 0 radical (unpaired) electrons. The van der Waals surface area contributed by atoms with E-state index in [1.807, 2.05) is 24.3 Å². The van der Waals surface area contributed by atoms with Crippen LogP contribution >= 0.6 is 15.9 Å². The number of nitrogens with zero attached hydrogens (tertiary/aromatic N) is 1. The van der Waals surface area contributed by atoms with Gasteiger partial charge in [0.05, 0.1) is 0 Å². The summed E-state index contributed by atoms with van der Waals surface area (Å²) < 4.78 is 13.8. The summed E-state index contributed by atoms with van der Waals surface area (Å²) in [7, 11) is 1.80. The second kappa shape index (κ2) is 7.36. The van der Waals surface area contributed by atoms with Gasteiger partial charge >= 0.3 is 0 Å². The number of hydrogen-bond donors (Lipinski definition) is 0. The van der Waals surface area contributed by atoms with Crippen LogP contribution in [0.5, 0.6) is 0 Å². The highest BCUT2D eigenvalue weighted by Crippen LogP contribution is 2.13. The molecule has 2 aromatic rings. The fourth-order valence-corrected chi connectivity index (χ4v) is 2.31. The van der Waals surface area contributed by atoms with Crippen molar-refractivity contribution in [3.8, 4) is 0 Å². The third-order valence-electron chi connectivity index (χ3n) is 3.30. The molecule has 2 aromatic carbocycles. The maximum absolute atomic E-state index is 12.8. The van der Waals surface area contributed by atoms with Crippen LogP contribution in [0.25, 0.3) is 0 Å². The molecule has 2 nitrogen and oxygen atoms in total. The summed E-state index contributed by atoms with van der Waals surface area (Å²) in [5.74, 6) is -0.167. The molecule has 2 rings (SSSR count). The molecule has 0 bridgehead atoms. The molecule has 0 N–H and O–H groups in total. The predicted octanol–water partition coefficient (Wildman–Crippen LogP) is 4.18. The highest BCUT2D eigenvalue weighted by Gasteiger charge is 2.09. The van der Waals surface area contributed by atoms with Gasteiger partial charge in [-0.15, -0.1) is 0 Å². The van der Waals surface area contributed by atoms with Crippen LogP contribution in [-0.2, 0) is 17.8 Å². The molecule has 4 heteroatoms. The van der Waals surface area contributed by atoms with Gasteiger partial charge in [-0.2, -0.15) is 0 Å². The van der Waals surface area contributed by atoms with Crippen LogP contribution < -0.4 is 0 Å². The van der Waals surface area contributed by atoms with Gasteiger partial charge in [-0.05, 0) is 41.8 Å². The van der Waals surface area contributed by atoms with E-state index >= 15 is 0 Å². The first kappa shape index (κ1) is 15.7. The number of amides is 1. The molecule has 0 saturated heterocycles. The lowest BCUT2D eigenvalue weighted by Crippen LogP contribution is -2.26. The molecule has 0 heterocycles. The molecule has 0 aliphatic carbocycles. The second-order valence-electron chi connectivity index (χ2n) is 5.00. The lowest BCUT2D eigenvalue weighted by molar-refractivity contribution is -0.130. The van der Waals surface area contributed by atoms with E-state index in [1.165, 1.54) is 12.1 Å². The van der Waals surface area contributed by atoms with E-state index in [4.69, 9.17) is 0 Å². The lowest BCUT2D eigenvalue weighted by atomic mass is 10.1. The molecule has 21 heavy (non-hydrogen) atoms. The zero-order valence-electron chi connectivity index (χ0n) is 11.9. The predicted molar refractivity (Wildman–Crippen MR) is 85.3 cm³/mol. The van der Waals surface area contributed by atoms with Crippen molar-refractivity contribution in [3.63, 3.8) is 0 Å². The normalized spacial score (nSPS) is 10.4. The van der Waals surface area contributed by atoms with Crippen LogP contribution in [0, 0.1) is 5.82 Å². The molecule has 1 amide bonds. The number of hydrogen-bond acceptors (Lipinski definition) is 1. The van der Waals surface area contributed by atoms with E-state index < -0.39 is 0 Å². The average molecular weight is 350 g/mol. The molecular formula is C17H17BrFNO. The van der Waals surface area contributed by atoms with E-state index in [9.17, 15) is 9.18 Å². The maximum Gasteiger partial charge on any atom is 0.222 e. The average Bonchev–Trinajstić information content (AvgIpc) is 2.48. The van der Waals surface area contributed by atoms with Gasteiger partial charge in [-0.3, -0.25) is 4.79 Å². The number of carbonyl (C=O) groups excluding carboxylic acids is 1. The second-order valence-corrected chi connectivity index (χ2v) is 5.92. The minimum absolute atomic E-state index is 0.0854. The Morgan fingerprint density at radius 3 is 2.24 bits per heavy atom. The number of halogens is 2. The van der Waals surface area contributed by atoms with Gasteiger partial charge < -0.3 is 4.90 Å². The van der Waals surface area contributed by atoms with Crippen LogP contribution in [-0.4, -0.2) is 17.9 Å². The van der Waals surface area contributed by atoms with Gasteiger partial charge in [0.15, 0.2) is 0 Å². The molecule has 0 spiro atoms. The molecule has 0 fully saturated rings. The van der Waals surface area contributed by atoms with Crippen molar-refractivity contribution in [2.45, 2.75) is 19.4 Å². The number of rotatable bonds is 5. The summed E-state index contributed by atoms with van der Waals surface area (Å²) in [6.45, 7) is 0.593. The number of benzene rings is 2. The van der Waals surface area contributed by atoms with Gasteiger partial charge in [0.2, 0.25) is 5.91 Å². The van der Waals surface area contributed by atoms with Gasteiger partial charge in [0.1, 0.15) is 5.82 Å². The van der Waals surface area contributed by atoms with Crippen molar-refractivity contribution < 1.29 is 9.18 Å². The fraction of sp³-hybridized carbons (Fsp3) is 0.235. The molecule has 0 saturated carbocycles.